The number of benzene rings is 5. The molecular weight excluding hydrogens is 595 g/mol. The molecule has 5 aromatic carbocycles. The molecule has 2 aliphatic rings. The smallest absolute Gasteiger partial charge is 0.124 e. The molecular formula is C46H39N3. The largest absolute Gasteiger partial charge is 0.361 e. The first kappa shape index (κ1) is 30.3. The Labute approximate surface area is 289 Å². The number of aromatic nitrogens is 1. The molecule has 0 saturated carbocycles. The lowest BCUT2D eigenvalue weighted by Crippen LogP contribution is -2.23. The number of rotatable bonds is 8. The Morgan fingerprint density at radius 3 is 2.41 bits per heavy atom. The predicted molar refractivity (Wildman–Crippen MR) is 210 cm³/mol. The average Bonchev–Trinajstić information content (AvgIpc) is 3.49. The van der Waals surface area contributed by atoms with Crippen molar-refractivity contribution < 1.29 is 0 Å². The third-order valence-corrected chi connectivity index (χ3v) is 9.62. The predicted octanol–water partition coefficient (Wildman–Crippen LogP) is 12.2. The van der Waals surface area contributed by atoms with Crippen LogP contribution in [0.1, 0.15) is 41.9 Å². The molecule has 8 rings (SSSR count). The summed E-state index contributed by atoms with van der Waals surface area (Å²) in [6.07, 6.45) is 15.6. The van der Waals surface area contributed by atoms with Crippen molar-refractivity contribution >= 4 is 45.2 Å². The number of nitrogens with one attached hydrogen (secondary N) is 2. The Morgan fingerprint density at radius 1 is 0.816 bits per heavy atom. The minimum Gasteiger partial charge on any atom is -0.361 e. The summed E-state index contributed by atoms with van der Waals surface area (Å²) in [4.78, 5) is 0. The lowest BCUT2D eigenvalue weighted by atomic mass is 9.91. The van der Waals surface area contributed by atoms with Crippen molar-refractivity contribution in [3.63, 3.8) is 0 Å². The number of nitrogens with zero attached hydrogens (tertiary/aromatic N) is 1. The molecule has 1 aliphatic carbocycles. The molecule has 3 nitrogen and oxygen atoms in total. The summed E-state index contributed by atoms with van der Waals surface area (Å²) in [6.45, 7) is 6.62. The lowest BCUT2D eigenvalue weighted by molar-refractivity contribution is 0.656. The van der Waals surface area contributed by atoms with Gasteiger partial charge in [-0.3, -0.25) is 0 Å². The second-order valence-corrected chi connectivity index (χ2v) is 12.6. The van der Waals surface area contributed by atoms with Gasteiger partial charge in [0.25, 0.3) is 0 Å². The van der Waals surface area contributed by atoms with Crippen molar-refractivity contribution in [2.75, 3.05) is 10.6 Å². The van der Waals surface area contributed by atoms with Gasteiger partial charge in [0, 0.05) is 44.8 Å². The molecule has 6 aromatic rings. The highest BCUT2D eigenvalue weighted by atomic mass is 15.2. The van der Waals surface area contributed by atoms with Gasteiger partial charge in [-0.1, -0.05) is 134 Å². The van der Waals surface area contributed by atoms with Gasteiger partial charge in [0.2, 0.25) is 0 Å². The summed E-state index contributed by atoms with van der Waals surface area (Å²) >= 11 is 0. The molecule has 1 unspecified atom stereocenters. The van der Waals surface area contributed by atoms with Crippen LogP contribution >= 0.6 is 0 Å². The van der Waals surface area contributed by atoms with Crippen molar-refractivity contribution in [3.05, 3.63) is 192 Å². The fraction of sp³-hybridized carbons (Fsp3) is 0.0870. The molecule has 2 N–H and O–H groups in total. The zero-order valence-corrected chi connectivity index (χ0v) is 27.7. The number of allylic oxidation sites excluding steroid dienone is 7. The van der Waals surface area contributed by atoms with E-state index in [9.17, 15) is 0 Å². The van der Waals surface area contributed by atoms with Crippen molar-refractivity contribution in [1.29, 1.82) is 0 Å². The highest BCUT2D eigenvalue weighted by molar-refractivity contribution is 5.96. The van der Waals surface area contributed by atoms with E-state index in [4.69, 9.17) is 0 Å². The average molecular weight is 634 g/mol. The Kier molecular flexibility index (Phi) is 8.17. The SMILES string of the molecule is C=C(/C=C\C(=CC)C1=CC(n2c3c(c4ccc(-c5ccccc5)cc42)C=CCC3)Nc2ccccc21)c1ccccc1Nc1ccccc1. The third kappa shape index (κ3) is 5.85. The summed E-state index contributed by atoms with van der Waals surface area (Å²) in [5.74, 6) is 0. The van der Waals surface area contributed by atoms with Crippen molar-refractivity contribution in [1.82, 2.24) is 4.57 Å². The van der Waals surface area contributed by atoms with Gasteiger partial charge in [-0.2, -0.15) is 0 Å². The molecule has 1 atom stereocenters. The number of anilines is 3. The van der Waals surface area contributed by atoms with E-state index in [2.05, 4.69) is 174 Å². The summed E-state index contributed by atoms with van der Waals surface area (Å²) in [6, 6.07) is 44.9. The summed E-state index contributed by atoms with van der Waals surface area (Å²) in [5.41, 5.74) is 15.2. The van der Waals surface area contributed by atoms with Gasteiger partial charge in [-0.05, 0) is 84.0 Å². The third-order valence-electron chi connectivity index (χ3n) is 9.62. The van der Waals surface area contributed by atoms with Crippen molar-refractivity contribution in [3.8, 4) is 11.1 Å². The van der Waals surface area contributed by atoms with E-state index in [1.54, 1.807) is 0 Å². The molecule has 2 heterocycles. The molecule has 1 aromatic heterocycles. The normalized spacial score (nSPS) is 15.4. The van der Waals surface area contributed by atoms with E-state index >= 15 is 0 Å². The summed E-state index contributed by atoms with van der Waals surface area (Å²) in [7, 11) is 0. The van der Waals surface area contributed by atoms with Gasteiger partial charge in [-0.25, -0.2) is 0 Å². The standard InChI is InChI=1S/C46H39N3/c1-3-33(27-26-32(2)37-20-10-13-23-42(37)47-36-18-8-5-9-19-36)41-31-46(48-43-24-14-11-21-38(41)43)49-44-25-15-12-22-39(44)40-29-28-35(30-45(40)49)34-16-6-4-7-17-34/h3-14,16-24,26-31,46-48H,2,15,25H2,1H3/b27-26-,33-3?. The molecule has 0 fully saturated rings. The highest BCUT2D eigenvalue weighted by Crippen LogP contribution is 2.42. The monoisotopic (exact) mass is 633 g/mol. The molecule has 0 bridgehead atoms. The molecule has 0 amide bonds. The van der Waals surface area contributed by atoms with Crippen LogP contribution in [0.25, 0.3) is 39.3 Å². The quantitative estimate of drug-likeness (QED) is 0.163. The maximum Gasteiger partial charge on any atom is 0.124 e. The topological polar surface area (TPSA) is 29.0 Å². The van der Waals surface area contributed by atoms with Gasteiger partial charge in [-0.15, -0.1) is 0 Å². The van der Waals surface area contributed by atoms with Crippen LogP contribution in [0.2, 0.25) is 0 Å². The van der Waals surface area contributed by atoms with Gasteiger partial charge < -0.3 is 15.2 Å². The zero-order chi connectivity index (χ0) is 33.2. The molecule has 0 spiro atoms. The van der Waals surface area contributed by atoms with Gasteiger partial charge in [0.15, 0.2) is 0 Å². The second-order valence-electron chi connectivity index (χ2n) is 12.6. The summed E-state index contributed by atoms with van der Waals surface area (Å²) in [5, 5.41) is 8.78. The highest BCUT2D eigenvalue weighted by Gasteiger charge is 2.27. The van der Waals surface area contributed by atoms with E-state index in [1.807, 2.05) is 18.2 Å². The Balaban J connectivity index is 1.19. The van der Waals surface area contributed by atoms with Crippen LogP contribution in [0, 0.1) is 0 Å². The fourth-order valence-corrected chi connectivity index (χ4v) is 7.23. The maximum atomic E-state index is 4.50. The maximum absolute atomic E-state index is 4.50. The van der Waals surface area contributed by atoms with Crippen LogP contribution in [-0.2, 0) is 6.42 Å². The number of fused-ring (bicyclic) bond motifs is 4. The Hall–Kier alpha value is -6.06. The van der Waals surface area contributed by atoms with E-state index in [1.165, 1.54) is 44.4 Å². The Bertz CT molecular complexity index is 2300. The van der Waals surface area contributed by atoms with Gasteiger partial charge >= 0.3 is 0 Å². The zero-order valence-electron chi connectivity index (χ0n) is 27.7. The first-order chi connectivity index (χ1) is 24.2. The number of hydrogen-bond acceptors (Lipinski definition) is 2. The molecule has 1 aliphatic heterocycles. The number of para-hydroxylation sites is 3. The number of hydrogen-bond donors (Lipinski definition) is 2. The molecule has 0 saturated heterocycles. The van der Waals surface area contributed by atoms with E-state index in [-0.39, 0.29) is 6.17 Å². The second kappa shape index (κ2) is 13.2. The van der Waals surface area contributed by atoms with Crippen LogP contribution in [0.5, 0.6) is 0 Å². The van der Waals surface area contributed by atoms with Crippen molar-refractivity contribution in [2.24, 2.45) is 0 Å². The molecule has 238 valence electrons. The van der Waals surface area contributed by atoms with Crippen LogP contribution in [-0.4, -0.2) is 4.57 Å². The lowest BCUT2D eigenvalue weighted by Gasteiger charge is -2.30. The van der Waals surface area contributed by atoms with Crippen LogP contribution in [0.3, 0.4) is 0 Å². The molecule has 3 heteroatoms. The summed E-state index contributed by atoms with van der Waals surface area (Å²) < 4.78 is 2.54. The van der Waals surface area contributed by atoms with Gasteiger partial charge in [0.1, 0.15) is 6.17 Å². The van der Waals surface area contributed by atoms with E-state index in [0.29, 0.717) is 0 Å². The first-order valence-electron chi connectivity index (χ1n) is 17.1. The van der Waals surface area contributed by atoms with Crippen molar-refractivity contribution in [2.45, 2.75) is 25.9 Å². The minimum absolute atomic E-state index is 0.0592. The van der Waals surface area contributed by atoms with E-state index < -0.39 is 0 Å². The van der Waals surface area contributed by atoms with E-state index in [0.717, 1.165) is 46.6 Å². The Morgan fingerprint density at radius 2 is 1.57 bits per heavy atom. The first-order valence-corrected chi connectivity index (χ1v) is 17.1. The fourth-order valence-electron chi connectivity index (χ4n) is 7.23. The molecule has 0 radical (unpaired) electrons. The van der Waals surface area contributed by atoms with Crippen LogP contribution < -0.4 is 10.6 Å². The van der Waals surface area contributed by atoms with Crippen LogP contribution in [0.15, 0.2) is 170 Å². The minimum atomic E-state index is -0.0592. The molecule has 49 heavy (non-hydrogen) atoms. The van der Waals surface area contributed by atoms with Gasteiger partial charge in [0.05, 0.1) is 5.52 Å². The van der Waals surface area contributed by atoms with Crippen LogP contribution in [0.4, 0.5) is 17.1 Å².